The third-order valence-electron chi connectivity index (χ3n) is 1.76. The molecule has 0 saturated carbocycles. The summed E-state index contributed by atoms with van der Waals surface area (Å²) in [7, 11) is 0. The van der Waals surface area contributed by atoms with E-state index in [0.717, 1.165) is 0 Å². The van der Waals surface area contributed by atoms with Crippen LogP contribution in [-0.2, 0) is 4.79 Å². The molecular formula is C9H13N3O2. The van der Waals surface area contributed by atoms with E-state index in [1.807, 2.05) is 0 Å². The van der Waals surface area contributed by atoms with Gasteiger partial charge in [-0.25, -0.2) is 0 Å². The van der Waals surface area contributed by atoms with E-state index in [-0.39, 0.29) is 0 Å². The fourth-order valence-corrected chi connectivity index (χ4v) is 1.12. The lowest BCUT2D eigenvalue weighted by Crippen LogP contribution is -2.32. The zero-order chi connectivity index (χ0) is 10.4. The minimum atomic E-state index is -0.925. The molecule has 0 bridgehead atoms. The second-order valence-electron chi connectivity index (χ2n) is 2.80. The van der Waals surface area contributed by atoms with Crippen molar-refractivity contribution in [3.8, 4) is 0 Å². The molecule has 76 valence electrons. The zero-order valence-electron chi connectivity index (χ0n) is 7.68. The second kappa shape index (κ2) is 5.31. The number of aliphatic carboxylic acids is 1. The van der Waals surface area contributed by atoms with Crippen LogP contribution in [0.2, 0.25) is 0 Å². The molecule has 4 N–H and O–H groups in total. The topological polar surface area (TPSA) is 88.2 Å². The Balaban J connectivity index is 2.73. The maximum atomic E-state index is 10.9. The molecule has 1 aromatic heterocycles. The number of nitrogens with two attached hydrogens (primary N) is 1. The highest BCUT2D eigenvalue weighted by atomic mass is 16.4. The number of rotatable bonds is 5. The lowest BCUT2D eigenvalue weighted by molar-refractivity contribution is -0.139. The van der Waals surface area contributed by atoms with Crippen molar-refractivity contribution in [2.75, 3.05) is 13.1 Å². The van der Waals surface area contributed by atoms with Crippen LogP contribution < -0.4 is 11.1 Å². The van der Waals surface area contributed by atoms with Crippen LogP contribution in [0.15, 0.2) is 24.5 Å². The van der Waals surface area contributed by atoms with Crippen LogP contribution in [0, 0.1) is 0 Å². The first kappa shape index (κ1) is 10.6. The molecule has 0 fully saturated rings. The molecule has 0 aliphatic carbocycles. The van der Waals surface area contributed by atoms with Gasteiger partial charge >= 0.3 is 5.97 Å². The SMILES string of the molecule is NCCNC(C(=O)O)c1cccnc1. The van der Waals surface area contributed by atoms with Crippen molar-refractivity contribution in [1.82, 2.24) is 10.3 Å². The lowest BCUT2D eigenvalue weighted by Gasteiger charge is -2.13. The number of nitrogens with zero attached hydrogens (tertiary/aromatic N) is 1. The minimum Gasteiger partial charge on any atom is -0.480 e. The number of aromatic nitrogens is 1. The van der Waals surface area contributed by atoms with E-state index in [1.54, 1.807) is 18.3 Å². The van der Waals surface area contributed by atoms with E-state index in [4.69, 9.17) is 10.8 Å². The number of carboxylic acids is 1. The fraction of sp³-hybridized carbons (Fsp3) is 0.333. The van der Waals surface area contributed by atoms with Crippen LogP contribution in [-0.4, -0.2) is 29.1 Å². The number of nitrogens with one attached hydrogen (secondary N) is 1. The molecule has 0 radical (unpaired) electrons. The van der Waals surface area contributed by atoms with Crippen LogP contribution in [0.3, 0.4) is 0 Å². The van der Waals surface area contributed by atoms with Gasteiger partial charge in [-0.3, -0.25) is 15.1 Å². The average Bonchev–Trinajstić information content (AvgIpc) is 2.19. The van der Waals surface area contributed by atoms with E-state index >= 15 is 0 Å². The first-order chi connectivity index (χ1) is 6.75. The maximum absolute atomic E-state index is 10.9. The summed E-state index contributed by atoms with van der Waals surface area (Å²) in [6.07, 6.45) is 3.13. The third-order valence-corrected chi connectivity index (χ3v) is 1.76. The number of hydrogen-bond acceptors (Lipinski definition) is 4. The van der Waals surface area contributed by atoms with Gasteiger partial charge in [0.1, 0.15) is 6.04 Å². The van der Waals surface area contributed by atoms with Gasteiger partial charge in [-0.1, -0.05) is 6.07 Å². The van der Waals surface area contributed by atoms with E-state index in [0.29, 0.717) is 18.7 Å². The van der Waals surface area contributed by atoms with Crippen molar-refractivity contribution in [3.05, 3.63) is 30.1 Å². The molecule has 5 heteroatoms. The summed E-state index contributed by atoms with van der Waals surface area (Å²) < 4.78 is 0. The standard InChI is InChI=1S/C9H13N3O2/c10-3-5-12-8(9(13)14)7-2-1-4-11-6-7/h1-2,4,6,8,12H,3,5,10H2,(H,13,14). The lowest BCUT2D eigenvalue weighted by atomic mass is 10.1. The molecule has 0 aliphatic rings. The quantitative estimate of drug-likeness (QED) is 0.603. The van der Waals surface area contributed by atoms with Crippen molar-refractivity contribution < 1.29 is 9.90 Å². The molecule has 1 rings (SSSR count). The monoisotopic (exact) mass is 195 g/mol. The molecule has 0 spiro atoms. The van der Waals surface area contributed by atoms with Gasteiger partial charge in [0, 0.05) is 25.5 Å². The number of hydrogen-bond donors (Lipinski definition) is 3. The Bertz CT molecular complexity index is 289. The summed E-state index contributed by atoms with van der Waals surface area (Å²) in [5.74, 6) is -0.925. The van der Waals surface area contributed by atoms with Crippen LogP contribution in [0.4, 0.5) is 0 Å². The molecule has 1 heterocycles. The summed E-state index contributed by atoms with van der Waals surface area (Å²) in [4.78, 5) is 14.7. The third kappa shape index (κ3) is 2.79. The molecule has 1 unspecified atom stereocenters. The summed E-state index contributed by atoms with van der Waals surface area (Å²) >= 11 is 0. The van der Waals surface area contributed by atoms with Crippen LogP contribution in [0.1, 0.15) is 11.6 Å². The predicted molar refractivity (Wildman–Crippen MR) is 51.7 cm³/mol. The number of carbonyl (C=O) groups is 1. The van der Waals surface area contributed by atoms with Gasteiger partial charge in [-0.05, 0) is 11.6 Å². The first-order valence-corrected chi connectivity index (χ1v) is 4.32. The predicted octanol–water partition coefficient (Wildman–Crippen LogP) is -0.244. The van der Waals surface area contributed by atoms with Crippen molar-refractivity contribution in [2.24, 2.45) is 5.73 Å². The Labute approximate surface area is 82.0 Å². The van der Waals surface area contributed by atoms with E-state index < -0.39 is 12.0 Å². The van der Waals surface area contributed by atoms with E-state index in [9.17, 15) is 4.79 Å². The Morgan fingerprint density at radius 3 is 3.00 bits per heavy atom. The molecule has 0 aliphatic heterocycles. The molecule has 0 aromatic carbocycles. The molecule has 0 saturated heterocycles. The minimum absolute atomic E-state index is 0.407. The maximum Gasteiger partial charge on any atom is 0.325 e. The summed E-state index contributed by atoms with van der Waals surface area (Å²) in [6, 6.07) is 2.69. The molecule has 14 heavy (non-hydrogen) atoms. The largest absolute Gasteiger partial charge is 0.480 e. The van der Waals surface area contributed by atoms with Gasteiger partial charge in [0.2, 0.25) is 0 Å². The Kier molecular flexibility index (Phi) is 4.03. The van der Waals surface area contributed by atoms with Crippen LogP contribution >= 0.6 is 0 Å². The second-order valence-corrected chi connectivity index (χ2v) is 2.80. The van der Waals surface area contributed by atoms with Crippen LogP contribution in [0.25, 0.3) is 0 Å². The summed E-state index contributed by atoms with van der Waals surface area (Å²) in [6.45, 7) is 0.871. The number of pyridine rings is 1. The van der Waals surface area contributed by atoms with Gasteiger partial charge in [-0.15, -0.1) is 0 Å². The van der Waals surface area contributed by atoms with Gasteiger partial charge in [-0.2, -0.15) is 0 Å². The highest BCUT2D eigenvalue weighted by Crippen LogP contribution is 2.10. The number of carboxylic acid groups (broad SMARTS) is 1. The highest BCUT2D eigenvalue weighted by molar-refractivity contribution is 5.75. The summed E-state index contributed by atoms with van der Waals surface area (Å²) in [5, 5.41) is 11.7. The van der Waals surface area contributed by atoms with Crippen molar-refractivity contribution in [2.45, 2.75) is 6.04 Å². The van der Waals surface area contributed by atoms with Gasteiger partial charge in [0.25, 0.3) is 0 Å². The van der Waals surface area contributed by atoms with Crippen LogP contribution in [0.5, 0.6) is 0 Å². The Morgan fingerprint density at radius 2 is 2.50 bits per heavy atom. The Hall–Kier alpha value is -1.46. The fourth-order valence-electron chi connectivity index (χ4n) is 1.12. The van der Waals surface area contributed by atoms with E-state index in [2.05, 4.69) is 10.3 Å². The first-order valence-electron chi connectivity index (χ1n) is 4.32. The van der Waals surface area contributed by atoms with Gasteiger partial charge < -0.3 is 10.8 Å². The zero-order valence-corrected chi connectivity index (χ0v) is 7.68. The molecule has 1 atom stereocenters. The summed E-state index contributed by atoms with van der Waals surface area (Å²) in [5.41, 5.74) is 5.92. The average molecular weight is 195 g/mol. The molecule has 0 amide bonds. The van der Waals surface area contributed by atoms with Crippen molar-refractivity contribution >= 4 is 5.97 Å². The van der Waals surface area contributed by atoms with Crippen molar-refractivity contribution in [1.29, 1.82) is 0 Å². The van der Waals surface area contributed by atoms with Crippen molar-refractivity contribution in [3.63, 3.8) is 0 Å². The highest BCUT2D eigenvalue weighted by Gasteiger charge is 2.18. The normalized spacial score (nSPS) is 12.4. The molecule has 1 aromatic rings. The Morgan fingerprint density at radius 1 is 1.71 bits per heavy atom. The van der Waals surface area contributed by atoms with E-state index in [1.165, 1.54) is 6.20 Å². The van der Waals surface area contributed by atoms with Gasteiger partial charge in [0.05, 0.1) is 0 Å². The smallest absolute Gasteiger partial charge is 0.325 e. The molecule has 5 nitrogen and oxygen atoms in total. The molecular weight excluding hydrogens is 182 g/mol. The van der Waals surface area contributed by atoms with Gasteiger partial charge in [0.15, 0.2) is 0 Å².